The number of nitrogens with zero attached hydrogens (tertiary/aromatic N) is 9. The monoisotopic (exact) mass is 431 g/mol. The van der Waals surface area contributed by atoms with Crippen molar-refractivity contribution >= 4 is 22.8 Å². The summed E-state index contributed by atoms with van der Waals surface area (Å²) in [6, 6.07) is -0.0446. The summed E-state index contributed by atoms with van der Waals surface area (Å²) >= 11 is 1.53. The van der Waals surface area contributed by atoms with Gasteiger partial charge in [0.1, 0.15) is 22.2 Å². The van der Waals surface area contributed by atoms with Crippen LogP contribution in [0.1, 0.15) is 31.0 Å². The molecule has 0 aliphatic carbocycles. The summed E-state index contributed by atoms with van der Waals surface area (Å²) in [6.07, 6.45) is 9.77. The molecule has 0 radical (unpaired) electrons. The quantitative estimate of drug-likeness (QED) is 0.444. The van der Waals surface area contributed by atoms with Crippen molar-refractivity contribution in [3.63, 3.8) is 0 Å². The Bertz CT molecular complexity index is 1350. The molecular formula is C19H17N11S. The molecule has 2 N–H and O–H groups in total. The van der Waals surface area contributed by atoms with E-state index >= 15 is 0 Å². The van der Waals surface area contributed by atoms with Crippen molar-refractivity contribution in [2.45, 2.75) is 26.3 Å². The maximum Gasteiger partial charge on any atom is 0.165 e. The average Bonchev–Trinajstić information content (AvgIpc) is 3.59. The van der Waals surface area contributed by atoms with Crippen molar-refractivity contribution in [2.24, 2.45) is 0 Å². The molecule has 0 saturated heterocycles. The van der Waals surface area contributed by atoms with Crippen LogP contribution in [0.2, 0.25) is 0 Å². The van der Waals surface area contributed by atoms with Gasteiger partial charge in [0.05, 0.1) is 35.9 Å². The van der Waals surface area contributed by atoms with Gasteiger partial charge in [0, 0.05) is 17.8 Å². The van der Waals surface area contributed by atoms with Gasteiger partial charge < -0.3 is 4.90 Å². The van der Waals surface area contributed by atoms with Crippen molar-refractivity contribution in [3.05, 3.63) is 48.0 Å². The molecule has 0 saturated carbocycles. The van der Waals surface area contributed by atoms with Crippen LogP contribution in [-0.4, -0.2) is 50.1 Å². The van der Waals surface area contributed by atoms with Gasteiger partial charge in [-0.2, -0.15) is 10.2 Å². The number of aryl methyl sites for hydroxylation is 1. The molecule has 5 aromatic heterocycles. The van der Waals surface area contributed by atoms with E-state index in [0.29, 0.717) is 5.82 Å². The van der Waals surface area contributed by atoms with Crippen LogP contribution in [0.3, 0.4) is 0 Å². The van der Waals surface area contributed by atoms with Gasteiger partial charge in [-0.25, -0.2) is 15.0 Å². The summed E-state index contributed by atoms with van der Waals surface area (Å²) in [6.45, 7) is 4.06. The Hall–Kier alpha value is -3.93. The van der Waals surface area contributed by atoms with E-state index in [-0.39, 0.29) is 6.04 Å². The fraction of sp³-hybridized carbons (Fsp3) is 0.211. The summed E-state index contributed by atoms with van der Waals surface area (Å²) < 4.78 is 2.03. The first-order valence-corrected chi connectivity index (χ1v) is 10.6. The van der Waals surface area contributed by atoms with E-state index in [4.69, 9.17) is 4.98 Å². The number of anilines is 2. The van der Waals surface area contributed by atoms with Crippen molar-refractivity contribution in [1.29, 1.82) is 0 Å². The zero-order chi connectivity index (χ0) is 20.9. The van der Waals surface area contributed by atoms with Gasteiger partial charge in [0.2, 0.25) is 0 Å². The smallest absolute Gasteiger partial charge is 0.165 e. The lowest BCUT2D eigenvalue weighted by atomic mass is 10.1. The third kappa shape index (κ3) is 2.61. The minimum absolute atomic E-state index is 0.0446. The lowest BCUT2D eigenvalue weighted by molar-refractivity contribution is 0.588. The number of hydrogen-bond donors (Lipinski definition) is 2. The molecule has 0 aromatic carbocycles. The van der Waals surface area contributed by atoms with Gasteiger partial charge in [-0.05, 0) is 13.3 Å². The zero-order valence-electron chi connectivity index (χ0n) is 16.7. The van der Waals surface area contributed by atoms with E-state index in [1.807, 2.05) is 29.3 Å². The summed E-state index contributed by atoms with van der Waals surface area (Å²) in [4.78, 5) is 16.2. The molecule has 11 nitrogen and oxygen atoms in total. The highest BCUT2D eigenvalue weighted by atomic mass is 32.1. The molecule has 12 heteroatoms. The van der Waals surface area contributed by atoms with E-state index in [1.54, 1.807) is 18.6 Å². The van der Waals surface area contributed by atoms with Crippen molar-refractivity contribution in [3.8, 4) is 27.8 Å². The zero-order valence-corrected chi connectivity index (χ0v) is 17.5. The molecule has 1 aliphatic rings. The largest absolute Gasteiger partial charge is 0.311 e. The predicted molar refractivity (Wildman–Crippen MR) is 114 cm³/mol. The molecule has 0 fully saturated rings. The van der Waals surface area contributed by atoms with Crippen molar-refractivity contribution < 1.29 is 0 Å². The minimum Gasteiger partial charge on any atom is -0.311 e. The molecule has 6 rings (SSSR count). The fourth-order valence-corrected chi connectivity index (χ4v) is 4.64. The number of aromatic nitrogens is 10. The van der Waals surface area contributed by atoms with Crippen LogP contribution in [0, 0.1) is 6.92 Å². The van der Waals surface area contributed by atoms with Gasteiger partial charge in [-0.15, -0.1) is 21.5 Å². The minimum atomic E-state index is -0.0446. The lowest BCUT2D eigenvalue weighted by Crippen LogP contribution is -2.32. The molecule has 154 valence electrons. The van der Waals surface area contributed by atoms with E-state index in [0.717, 1.165) is 51.5 Å². The summed E-state index contributed by atoms with van der Waals surface area (Å²) in [5.74, 6) is 2.98. The first kappa shape index (κ1) is 17.9. The van der Waals surface area contributed by atoms with E-state index in [9.17, 15) is 0 Å². The molecule has 0 amide bonds. The first-order chi connectivity index (χ1) is 15.3. The summed E-state index contributed by atoms with van der Waals surface area (Å²) in [5, 5.41) is 25.8. The highest BCUT2D eigenvalue weighted by Crippen LogP contribution is 2.44. The van der Waals surface area contributed by atoms with Gasteiger partial charge in [0.25, 0.3) is 0 Å². The van der Waals surface area contributed by atoms with E-state index in [2.05, 4.69) is 52.4 Å². The van der Waals surface area contributed by atoms with Crippen LogP contribution in [-0.2, 0) is 0 Å². The number of thiazole rings is 1. The molecule has 1 aliphatic heterocycles. The summed E-state index contributed by atoms with van der Waals surface area (Å²) in [5.41, 5.74) is 3.32. The third-order valence-corrected chi connectivity index (χ3v) is 6.14. The van der Waals surface area contributed by atoms with Gasteiger partial charge in [-0.1, -0.05) is 6.92 Å². The van der Waals surface area contributed by atoms with Gasteiger partial charge in [-0.3, -0.25) is 14.8 Å². The molecule has 0 unspecified atom stereocenters. The van der Waals surface area contributed by atoms with E-state index in [1.165, 1.54) is 11.3 Å². The standard InChI is InChI=1S/C19H17N11S/c1-3-13-18-28-26-10(2)29(18)14-9-21-16(25-17(14)30(13)11-6-22-23-7-11)12-8-24-27-15(12)19-20-4-5-31-19/h4-9,13H,3H2,1-2H3,(H,22,23)(H,24,27)/t13-/m1/s1. The molecule has 0 spiro atoms. The molecular weight excluding hydrogens is 414 g/mol. The van der Waals surface area contributed by atoms with Crippen LogP contribution in [0.25, 0.3) is 27.8 Å². The first-order valence-electron chi connectivity index (χ1n) is 9.77. The molecule has 1 atom stereocenters. The number of hydrogen-bond acceptors (Lipinski definition) is 9. The highest BCUT2D eigenvalue weighted by Gasteiger charge is 2.36. The van der Waals surface area contributed by atoms with Crippen LogP contribution in [0.4, 0.5) is 11.5 Å². The highest BCUT2D eigenvalue weighted by molar-refractivity contribution is 7.13. The Morgan fingerprint density at radius 2 is 2.06 bits per heavy atom. The van der Waals surface area contributed by atoms with Crippen LogP contribution in [0.15, 0.2) is 36.4 Å². The van der Waals surface area contributed by atoms with E-state index < -0.39 is 0 Å². The predicted octanol–water partition coefficient (Wildman–Crippen LogP) is 3.21. The molecule has 31 heavy (non-hydrogen) atoms. The Morgan fingerprint density at radius 1 is 1.13 bits per heavy atom. The summed E-state index contributed by atoms with van der Waals surface area (Å²) in [7, 11) is 0. The number of H-pyrrole nitrogens is 2. The Kier molecular flexibility index (Phi) is 3.93. The Labute approximate surface area is 180 Å². The van der Waals surface area contributed by atoms with Gasteiger partial charge >= 0.3 is 0 Å². The number of aromatic amines is 2. The fourth-order valence-electron chi connectivity index (χ4n) is 4.00. The van der Waals surface area contributed by atoms with Crippen LogP contribution < -0.4 is 4.90 Å². The van der Waals surface area contributed by atoms with Crippen molar-refractivity contribution in [1.82, 2.24) is 50.1 Å². The Morgan fingerprint density at radius 3 is 2.84 bits per heavy atom. The second-order valence-electron chi connectivity index (χ2n) is 7.09. The van der Waals surface area contributed by atoms with Gasteiger partial charge in [0.15, 0.2) is 17.5 Å². The maximum atomic E-state index is 5.00. The van der Waals surface area contributed by atoms with Crippen LogP contribution >= 0.6 is 11.3 Å². The lowest BCUT2D eigenvalue weighted by Gasteiger charge is -2.36. The second-order valence-corrected chi connectivity index (χ2v) is 7.98. The van der Waals surface area contributed by atoms with Crippen LogP contribution in [0.5, 0.6) is 0 Å². The third-order valence-electron chi connectivity index (χ3n) is 5.35. The number of nitrogens with one attached hydrogen (secondary N) is 2. The molecule has 5 aromatic rings. The Balaban J connectivity index is 1.58. The topological polar surface area (TPSA) is 130 Å². The number of rotatable bonds is 4. The SMILES string of the molecule is CC[C@@H]1c2nnc(C)n2-c2cnc(-c3cn[nH]c3-c3nccs3)nc2N1c1cn[nH]c1. The second kappa shape index (κ2) is 6.80. The molecule has 6 heterocycles. The average molecular weight is 431 g/mol. The van der Waals surface area contributed by atoms with Crippen molar-refractivity contribution in [2.75, 3.05) is 4.90 Å². The normalized spacial score (nSPS) is 15.2. The maximum absolute atomic E-state index is 5.00. The molecule has 0 bridgehead atoms. The number of fused-ring (bicyclic) bond motifs is 3.